The van der Waals surface area contributed by atoms with Crippen molar-refractivity contribution in [1.29, 1.82) is 0 Å². The molecule has 1 aliphatic carbocycles. The van der Waals surface area contributed by atoms with Gasteiger partial charge in [0, 0.05) is 37.2 Å². The molecule has 0 saturated heterocycles. The fourth-order valence-electron chi connectivity index (χ4n) is 3.06. The van der Waals surface area contributed by atoms with Crippen molar-refractivity contribution in [3.63, 3.8) is 0 Å². The first-order valence-corrected chi connectivity index (χ1v) is 7.86. The van der Waals surface area contributed by atoms with Crippen LogP contribution in [0, 0.1) is 5.92 Å². The van der Waals surface area contributed by atoms with Crippen molar-refractivity contribution in [3.8, 4) is 11.3 Å². The maximum absolute atomic E-state index is 12.6. The van der Waals surface area contributed by atoms with Gasteiger partial charge in [0.2, 0.25) is 0 Å². The molecule has 5 nitrogen and oxygen atoms in total. The Kier molecular flexibility index (Phi) is 4.22. The minimum atomic E-state index is -0.0119. The van der Waals surface area contributed by atoms with Gasteiger partial charge in [-0.3, -0.25) is 9.55 Å². The Hall–Kier alpha value is -2.17. The molecule has 116 valence electrons. The van der Waals surface area contributed by atoms with Gasteiger partial charge in [-0.1, -0.05) is 6.92 Å². The first-order chi connectivity index (χ1) is 10.6. The molecular formula is C17H22N4O. The lowest BCUT2D eigenvalue weighted by Gasteiger charge is -2.33. The second-order valence-corrected chi connectivity index (χ2v) is 6.22. The first kappa shape index (κ1) is 14.8. The number of nitrogens with zero attached hydrogens (tertiary/aromatic N) is 4. The van der Waals surface area contributed by atoms with E-state index in [4.69, 9.17) is 0 Å². The van der Waals surface area contributed by atoms with Crippen molar-refractivity contribution in [1.82, 2.24) is 19.4 Å². The summed E-state index contributed by atoms with van der Waals surface area (Å²) in [6.07, 6.45) is 11.4. The molecule has 0 bridgehead atoms. The lowest BCUT2D eigenvalue weighted by Crippen LogP contribution is -2.41. The van der Waals surface area contributed by atoms with Gasteiger partial charge in [-0.25, -0.2) is 9.78 Å². The predicted octanol–water partition coefficient (Wildman–Crippen LogP) is 3.42. The van der Waals surface area contributed by atoms with Crippen LogP contribution in [0.4, 0.5) is 4.79 Å². The number of carbonyl (C=O) groups is 1. The van der Waals surface area contributed by atoms with Gasteiger partial charge < -0.3 is 4.90 Å². The van der Waals surface area contributed by atoms with Crippen LogP contribution in [-0.4, -0.2) is 38.6 Å². The van der Waals surface area contributed by atoms with E-state index in [-0.39, 0.29) is 6.03 Å². The van der Waals surface area contributed by atoms with Gasteiger partial charge in [-0.15, -0.1) is 0 Å². The Morgan fingerprint density at radius 2 is 2.09 bits per heavy atom. The molecule has 1 fully saturated rings. The summed E-state index contributed by atoms with van der Waals surface area (Å²) in [5.74, 6) is 0.783. The minimum absolute atomic E-state index is 0.0119. The molecule has 1 saturated carbocycles. The van der Waals surface area contributed by atoms with Crippen LogP contribution in [0.25, 0.3) is 11.3 Å². The van der Waals surface area contributed by atoms with Crippen molar-refractivity contribution in [2.75, 3.05) is 7.05 Å². The van der Waals surface area contributed by atoms with Crippen molar-refractivity contribution in [3.05, 3.63) is 37.1 Å². The van der Waals surface area contributed by atoms with Gasteiger partial charge >= 0.3 is 6.03 Å². The van der Waals surface area contributed by atoms with Crippen LogP contribution in [0.3, 0.4) is 0 Å². The lowest BCUT2D eigenvalue weighted by molar-refractivity contribution is 0.165. The van der Waals surface area contributed by atoms with Gasteiger partial charge in [-0.2, -0.15) is 0 Å². The van der Waals surface area contributed by atoms with Gasteiger partial charge in [0.1, 0.15) is 6.33 Å². The van der Waals surface area contributed by atoms with E-state index in [0.29, 0.717) is 6.04 Å². The summed E-state index contributed by atoms with van der Waals surface area (Å²) in [6, 6.07) is 4.14. The van der Waals surface area contributed by atoms with E-state index in [1.165, 1.54) is 12.8 Å². The molecule has 2 aromatic rings. The number of aromatic nitrogens is 3. The largest absolute Gasteiger partial charge is 0.329 e. The highest BCUT2D eigenvalue weighted by Crippen LogP contribution is 2.27. The number of hydrogen-bond donors (Lipinski definition) is 0. The Morgan fingerprint density at radius 3 is 2.77 bits per heavy atom. The molecule has 0 atom stereocenters. The second-order valence-electron chi connectivity index (χ2n) is 6.22. The lowest BCUT2D eigenvalue weighted by atomic mass is 9.87. The third-order valence-corrected chi connectivity index (χ3v) is 4.60. The summed E-state index contributed by atoms with van der Waals surface area (Å²) in [5, 5.41) is 0. The molecule has 0 radical (unpaired) electrons. The van der Waals surface area contributed by atoms with Crippen LogP contribution < -0.4 is 0 Å². The molecule has 0 N–H and O–H groups in total. The van der Waals surface area contributed by atoms with Crippen LogP contribution in [-0.2, 0) is 0 Å². The molecule has 2 aromatic heterocycles. The third kappa shape index (κ3) is 3.03. The van der Waals surface area contributed by atoms with Crippen molar-refractivity contribution >= 4 is 6.03 Å². The van der Waals surface area contributed by atoms with Crippen LogP contribution in [0.15, 0.2) is 37.1 Å². The Bertz CT molecular complexity index is 629. The number of imidazole rings is 1. The molecule has 0 spiro atoms. The number of rotatable bonds is 2. The Balaban J connectivity index is 1.71. The average Bonchev–Trinajstić information content (AvgIpc) is 3.05. The second kappa shape index (κ2) is 6.30. The maximum Gasteiger partial charge on any atom is 0.329 e. The van der Waals surface area contributed by atoms with Crippen molar-refractivity contribution in [2.45, 2.75) is 38.6 Å². The summed E-state index contributed by atoms with van der Waals surface area (Å²) in [5.41, 5.74) is 1.69. The van der Waals surface area contributed by atoms with Crippen molar-refractivity contribution in [2.24, 2.45) is 5.92 Å². The molecule has 0 unspecified atom stereocenters. The van der Waals surface area contributed by atoms with E-state index in [9.17, 15) is 4.79 Å². The van der Waals surface area contributed by atoms with Gasteiger partial charge in [-0.05, 0) is 43.7 Å². The van der Waals surface area contributed by atoms with Crippen LogP contribution in [0.2, 0.25) is 0 Å². The highest BCUT2D eigenvalue weighted by molar-refractivity contribution is 5.78. The SMILES string of the molecule is CC1CCC(N(C)C(=O)n2cnc(-c3cccnc3)c2)CC1. The Morgan fingerprint density at radius 1 is 1.32 bits per heavy atom. The number of hydrogen-bond acceptors (Lipinski definition) is 3. The number of pyridine rings is 1. The summed E-state index contributed by atoms with van der Waals surface area (Å²) >= 11 is 0. The van der Waals surface area contributed by atoms with Gasteiger partial charge in [0.05, 0.1) is 5.69 Å². The standard InChI is InChI=1S/C17H22N4O/c1-13-5-7-15(8-6-13)20(2)17(22)21-11-16(19-12-21)14-4-3-9-18-10-14/h3-4,9-13,15H,5-8H2,1-2H3. The zero-order chi connectivity index (χ0) is 15.5. The zero-order valence-electron chi connectivity index (χ0n) is 13.1. The quantitative estimate of drug-likeness (QED) is 0.853. The smallest absolute Gasteiger partial charge is 0.324 e. The highest BCUT2D eigenvalue weighted by atomic mass is 16.2. The van der Waals surface area contributed by atoms with E-state index in [2.05, 4.69) is 16.9 Å². The van der Waals surface area contributed by atoms with E-state index < -0.39 is 0 Å². The van der Waals surface area contributed by atoms with Crippen LogP contribution in [0.1, 0.15) is 32.6 Å². The Labute approximate surface area is 131 Å². The van der Waals surface area contributed by atoms with Crippen LogP contribution >= 0.6 is 0 Å². The minimum Gasteiger partial charge on any atom is -0.324 e. The average molecular weight is 298 g/mol. The van der Waals surface area contributed by atoms with E-state index in [1.807, 2.05) is 24.1 Å². The molecule has 5 heteroatoms. The molecule has 2 heterocycles. The third-order valence-electron chi connectivity index (χ3n) is 4.60. The number of carbonyl (C=O) groups excluding carboxylic acids is 1. The van der Waals surface area contributed by atoms with E-state index >= 15 is 0 Å². The van der Waals surface area contributed by atoms with Crippen molar-refractivity contribution < 1.29 is 4.79 Å². The number of amides is 1. The van der Waals surface area contributed by atoms with Gasteiger partial charge in [0.15, 0.2) is 0 Å². The topological polar surface area (TPSA) is 51.0 Å². The molecule has 22 heavy (non-hydrogen) atoms. The first-order valence-electron chi connectivity index (χ1n) is 7.86. The summed E-state index contributed by atoms with van der Waals surface area (Å²) in [4.78, 5) is 22.9. The normalized spacial score (nSPS) is 21.5. The molecule has 0 aliphatic heterocycles. The zero-order valence-corrected chi connectivity index (χ0v) is 13.1. The van der Waals surface area contributed by atoms with E-state index in [0.717, 1.165) is 30.0 Å². The van der Waals surface area contributed by atoms with Gasteiger partial charge in [0.25, 0.3) is 0 Å². The van der Waals surface area contributed by atoms with Crippen LogP contribution in [0.5, 0.6) is 0 Å². The van der Waals surface area contributed by atoms with E-state index in [1.54, 1.807) is 29.5 Å². The summed E-state index contributed by atoms with van der Waals surface area (Å²) in [6.45, 7) is 2.29. The fraction of sp³-hybridized carbons (Fsp3) is 0.471. The fourth-order valence-corrected chi connectivity index (χ4v) is 3.06. The highest BCUT2D eigenvalue weighted by Gasteiger charge is 2.25. The maximum atomic E-state index is 12.6. The molecule has 1 amide bonds. The molecule has 0 aromatic carbocycles. The summed E-state index contributed by atoms with van der Waals surface area (Å²) in [7, 11) is 1.90. The predicted molar refractivity (Wildman–Crippen MR) is 85.4 cm³/mol. The summed E-state index contributed by atoms with van der Waals surface area (Å²) < 4.78 is 1.57. The molecule has 1 aliphatic rings. The molecular weight excluding hydrogens is 276 g/mol. The molecule has 3 rings (SSSR count). The monoisotopic (exact) mass is 298 g/mol.